The van der Waals surface area contributed by atoms with Gasteiger partial charge in [0, 0.05) is 37.2 Å². The van der Waals surface area contributed by atoms with Gasteiger partial charge in [-0.1, -0.05) is 26.0 Å². The summed E-state index contributed by atoms with van der Waals surface area (Å²) in [4.78, 5) is 39.3. The standard InChI is InChI=1S/C25H23F3N2O4S/c1-13-8-17-18(29(4)21(31)12-24(17,2)3)11-15(13)16-9-14(6-7-19(16)34-25(26,27)28)10-20-22(32)30(5)23(33)35-20/h6-11H,12H2,1-5H3/b20-10+. The van der Waals surface area contributed by atoms with Crippen LogP contribution in [-0.2, 0) is 15.0 Å². The number of thioether (sulfide) groups is 1. The number of carbonyl (C=O) groups is 3. The Kier molecular flexibility index (Phi) is 5.99. The van der Waals surface area contributed by atoms with Crippen molar-refractivity contribution < 1.29 is 32.3 Å². The van der Waals surface area contributed by atoms with Crippen LogP contribution in [0.25, 0.3) is 17.2 Å². The number of nitrogens with zero attached hydrogens (tertiary/aromatic N) is 2. The van der Waals surface area contributed by atoms with Crippen LogP contribution < -0.4 is 9.64 Å². The van der Waals surface area contributed by atoms with Gasteiger partial charge in [-0.2, -0.15) is 0 Å². The SMILES string of the molecule is Cc1cc2c(cc1-c1cc(/C=C3/SC(=O)N(C)C3=O)ccc1OC(F)(F)F)N(C)C(=O)CC2(C)C. The molecule has 0 N–H and O–H groups in total. The fourth-order valence-corrected chi connectivity index (χ4v) is 5.12. The summed E-state index contributed by atoms with van der Waals surface area (Å²) in [5.41, 5.74) is 2.84. The minimum atomic E-state index is -4.92. The van der Waals surface area contributed by atoms with Gasteiger partial charge in [0.2, 0.25) is 5.91 Å². The number of hydrogen-bond acceptors (Lipinski definition) is 5. The quantitative estimate of drug-likeness (QED) is 0.489. The number of fused-ring (bicyclic) bond motifs is 1. The predicted octanol–water partition coefficient (Wildman–Crippen LogP) is 5.87. The number of alkyl halides is 3. The molecule has 2 aromatic carbocycles. The Labute approximate surface area is 204 Å². The molecule has 2 aliphatic heterocycles. The van der Waals surface area contributed by atoms with Crippen LogP contribution in [0.4, 0.5) is 23.7 Å². The highest BCUT2D eigenvalue weighted by molar-refractivity contribution is 8.18. The highest BCUT2D eigenvalue weighted by Crippen LogP contribution is 2.45. The zero-order valence-electron chi connectivity index (χ0n) is 19.7. The molecule has 4 rings (SSSR count). The lowest BCUT2D eigenvalue weighted by Gasteiger charge is -2.37. The molecule has 0 spiro atoms. The third-order valence-corrected chi connectivity index (χ3v) is 7.17. The van der Waals surface area contributed by atoms with Crippen molar-refractivity contribution in [1.29, 1.82) is 0 Å². The van der Waals surface area contributed by atoms with E-state index >= 15 is 0 Å². The Bertz CT molecular complexity index is 1300. The second kappa shape index (κ2) is 8.44. The van der Waals surface area contributed by atoms with Gasteiger partial charge in [0.1, 0.15) is 5.75 Å². The number of hydrogen-bond donors (Lipinski definition) is 0. The summed E-state index contributed by atoms with van der Waals surface area (Å²) in [7, 11) is 3.00. The van der Waals surface area contributed by atoms with Crippen molar-refractivity contribution in [1.82, 2.24) is 4.90 Å². The molecule has 0 bridgehead atoms. The first-order valence-electron chi connectivity index (χ1n) is 10.7. The molecule has 10 heteroatoms. The van der Waals surface area contributed by atoms with E-state index < -0.39 is 28.7 Å². The van der Waals surface area contributed by atoms with Gasteiger partial charge in [0.15, 0.2) is 0 Å². The van der Waals surface area contributed by atoms with Gasteiger partial charge >= 0.3 is 6.36 Å². The van der Waals surface area contributed by atoms with Gasteiger partial charge in [-0.05, 0) is 65.2 Å². The number of halogens is 3. The summed E-state index contributed by atoms with van der Waals surface area (Å²) in [5, 5.41) is -0.431. The van der Waals surface area contributed by atoms with E-state index in [0.29, 0.717) is 28.8 Å². The summed E-state index contributed by atoms with van der Waals surface area (Å²) < 4.78 is 44.0. The molecule has 3 amide bonds. The topological polar surface area (TPSA) is 66.9 Å². The van der Waals surface area contributed by atoms with E-state index in [0.717, 1.165) is 22.2 Å². The summed E-state index contributed by atoms with van der Waals surface area (Å²) in [5.74, 6) is -0.983. The highest BCUT2D eigenvalue weighted by atomic mass is 32.2. The molecule has 2 heterocycles. The largest absolute Gasteiger partial charge is 0.573 e. The molecule has 0 radical (unpaired) electrons. The van der Waals surface area contributed by atoms with Crippen LogP contribution in [0, 0.1) is 6.92 Å². The first-order chi connectivity index (χ1) is 16.2. The van der Waals surface area contributed by atoms with E-state index in [2.05, 4.69) is 4.74 Å². The zero-order chi connectivity index (χ0) is 25.9. The number of aryl methyl sites for hydroxylation is 1. The lowest BCUT2D eigenvalue weighted by Crippen LogP contribution is -2.39. The molecule has 1 fully saturated rings. The zero-order valence-corrected chi connectivity index (χ0v) is 20.6. The molecule has 0 aromatic heterocycles. The van der Waals surface area contributed by atoms with Crippen LogP contribution in [0.15, 0.2) is 35.2 Å². The monoisotopic (exact) mass is 504 g/mol. The van der Waals surface area contributed by atoms with Crippen LogP contribution in [0.3, 0.4) is 0 Å². The van der Waals surface area contributed by atoms with E-state index in [1.807, 2.05) is 19.9 Å². The normalized spacial score (nSPS) is 19.0. The van der Waals surface area contributed by atoms with Crippen LogP contribution in [0.2, 0.25) is 0 Å². The average molecular weight is 505 g/mol. The minimum Gasteiger partial charge on any atom is -0.405 e. The van der Waals surface area contributed by atoms with Crippen molar-refractivity contribution >= 4 is 40.6 Å². The maximum atomic E-state index is 13.2. The summed E-state index contributed by atoms with van der Waals surface area (Å²) in [6.45, 7) is 5.69. The molecule has 2 aromatic rings. The van der Waals surface area contributed by atoms with E-state index in [4.69, 9.17) is 0 Å². The predicted molar refractivity (Wildman–Crippen MR) is 128 cm³/mol. The van der Waals surface area contributed by atoms with E-state index in [9.17, 15) is 27.6 Å². The number of benzene rings is 2. The number of anilines is 1. The summed E-state index contributed by atoms with van der Waals surface area (Å²) >= 11 is 0.758. The molecule has 1 saturated heterocycles. The number of rotatable bonds is 3. The molecule has 2 aliphatic rings. The van der Waals surface area contributed by atoms with E-state index in [1.165, 1.54) is 36.2 Å². The molecule has 0 aliphatic carbocycles. The maximum absolute atomic E-state index is 13.2. The second-order valence-corrected chi connectivity index (χ2v) is 10.2. The van der Waals surface area contributed by atoms with Crippen molar-refractivity contribution in [2.45, 2.75) is 39.0 Å². The Morgan fingerprint density at radius 3 is 2.31 bits per heavy atom. The summed E-state index contributed by atoms with van der Waals surface area (Å²) in [6, 6.07) is 7.64. The summed E-state index contributed by atoms with van der Waals surface area (Å²) in [6.07, 6.45) is -3.14. The third kappa shape index (κ3) is 4.67. The number of carbonyl (C=O) groups excluding carboxylic acids is 3. The van der Waals surface area contributed by atoms with Gasteiger partial charge in [-0.3, -0.25) is 19.3 Å². The van der Waals surface area contributed by atoms with Crippen molar-refractivity contribution in [3.8, 4) is 16.9 Å². The molecule has 0 unspecified atom stereocenters. The first kappa shape index (κ1) is 24.8. The van der Waals surface area contributed by atoms with Gasteiger partial charge in [-0.25, -0.2) is 0 Å². The fourth-order valence-electron chi connectivity index (χ4n) is 4.29. The number of ether oxygens (including phenoxy) is 1. The lowest BCUT2D eigenvalue weighted by molar-refractivity contribution is -0.274. The minimum absolute atomic E-state index is 0.0897. The number of likely N-dealkylation sites (N-methyl/N-ethyl adjacent to an activating group) is 1. The Hall–Kier alpha value is -3.27. The van der Waals surface area contributed by atoms with E-state index in [1.54, 1.807) is 20.0 Å². The first-order valence-corrected chi connectivity index (χ1v) is 11.5. The maximum Gasteiger partial charge on any atom is 0.573 e. The Morgan fingerprint density at radius 1 is 1.03 bits per heavy atom. The lowest BCUT2D eigenvalue weighted by atomic mass is 9.76. The van der Waals surface area contributed by atoms with Crippen LogP contribution in [0.1, 0.15) is 37.0 Å². The molecular weight excluding hydrogens is 481 g/mol. The average Bonchev–Trinajstić information content (AvgIpc) is 2.98. The van der Waals surface area contributed by atoms with Crippen LogP contribution in [-0.4, -0.2) is 42.4 Å². The molecule has 184 valence electrons. The fraction of sp³-hybridized carbons (Fsp3) is 0.320. The number of amides is 3. The van der Waals surface area contributed by atoms with Gasteiger partial charge < -0.3 is 9.64 Å². The number of imide groups is 1. The molecule has 0 atom stereocenters. The molecular formula is C25H23F3N2O4S. The van der Waals surface area contributed by atoms with Crippen molar-refractivity contribution in [3.63, 3.8) is 0 Å². The van der Waals surface area contributed by atoms with Gasteiger partial charge in [0.05, 0.1) is 4.91 Å². The van der Waals surface area contributed by atoms with Crippen molar-refractivity contribution in [2.24, 2.45) is 0 Å². The Balaban J connectivity index is 1.90. The van der Waals surface area contributed by atoms with Crippen molar-refractivity contribution in [3.05, 3.63) is 51.9 Å². The van der Waals surface area contributed by atoms with Crippen LogP contribution in [0.5, 0.6) is 5.75 Å². The van der Waals surface area contributed by atoms with Crippen LogP contribution >= 0.6 is 11.8 Å². The van der Waals surface area contributed by atoms with Gasteiger partial charge in [0.25, 0.3) is 11.1 Å². The molecule has 35 heavy (non-hydrogen) atoms. The smallest absolute Gasteiger partial charge is 0.405 e. The third-order valence-electron chi connectivity index (χ3n) is 6.20. The highest BCUT2D eigenvalue weighted by Gasteiger charge is 2.37. The van der Waals surface area contributed by atoms with E-state index in [-0.39, 0.29) is 16.4 Å². The van der Waals surface area contributed by atoms with Crippen molar-refractivity contribution in [2.75, 3.05) is 19.0 Å². The van der Waals surface area contributed by atoms with Gasteiger partial charge in [-0.15, -0.1) is 13.2 Å². The second-order valence-electron chi connectivity index (χ2n) is 9.24. The molecule has 0 saturated carbocycles. The Morgan fingerprint density at radius 2 is 1.71 bits per heavy atom. The molecule has 6 nitrogen and oxygen atoms in total.